The van der Waals surface area contributed by atoms with Crippen LogP contribution >= 0.6 is 0 Å². The highest BCUT2D eigenvalue weighted by atomic mass is 16.1. The van der Waals surface area contributed by atoms with Crippen LogP contribution in [-0.2, 0) is 4.79 Å². The van der Waals surface area contributed by atoms with Crippen molar-refractivity contribution in [3.63, 3.8) is 0 Å². The molecule has 0 saturated carbocycles. The maximum absolute atomic E-state index is 11.1. The molecule has 0 radical (unpaired) electrons. The second-order valence-corrected chi connectivity index (χ2v) is 2.87. The van der Waals surface area contributed by atoms with E-state index >= 15 is 0 Å². The van der Waals surface area contributed by atoms with Gasteiger partial charge < -0.3 is 5.32 Å². The van der Waals surface area contributed by atoms with Crippen LogP contribution in [0.15, 0.2) is 11.6 Å². The SMILES string of the molecule is CC/C(=C/C(C)C)C(=O)NC. The normalized spacial score (nSPS) is 11.9. The van der Waals surface area contributed by atoms with E-state index in [2.05, 4.69) is 19.2 Å². The van der Waals surface area contributed by atoms with Crippen LogP contribution in [0.3, 0.4) is 0 Å². The number of rotatable bonds is 3. The van der Waals surface area contributed by atoms with Gasteiger partial charge in [0.05, 0.1) is 0 Å². The van der Waals surface area contributed by atoms with Crippen LogP contribution < -0.4 is 5.32 Å². The lowest BCUT2D eigenvalue weighted by molar-refractivity contribution is -0.117. The molecule has 0 atom stereocenters. The Morgan fingerprint density at radius 1 is 1.55 bits per heavy atom. The van der Waals surface area contributed by atoms with E-state index in [9.17, 15) is 4.79 Å². The van der Waals surface area contributed by atoms with Crippen molar-refractivity contribution >= 4 is 5.91 Å². The van der Waals surface area contributed by atoms with Gasteiger partial charge in [-0.25, -0.2) is 0 Å². The predicted octanol–water partition coefficient (Wildman–Crippen LogP) is 1.72. The molecule has 0 bridgehead atoms. The summed E-state index contributed by atoms with van der Waals surface area (Å²) in [5, 5.41) is 2.61. The van der Waals surface area contributed by atoms with Crippen LogP contribution in [0.4, 0.5) is 0 Å². The molecule has 0 fully saturated rings. The molecule has 0 saturated heterocycles. The minimum Gasteiger partial charge on any atom is -0.355 e. The molecular formula is C9H17NO. The zero-order valence-corrected chi connectivity index (χ0v) is 7.77. The lowest BCUT2D eigenvalue weighted by Gasteiger charge is -2.03. The Labute approximate surface area is 68.7 Å². The minimum absolute atomic E-state index is 0.0428. The maximum Gasteiger partial charge on any atom is 0.246 e. The van der Waals surface area contributed by atoms with Crippen LogP contribution in [0, 0.1) is 5.92 Å². The summed E-state index contributed by atoms with van der Waals surface area (Å²) in [4.78, 5) is 11.1. The lowest BCUT2D eigenvalue weighted by Crippen LogP contribution is -2.20. The van der Waals surface area contributed by atoms with Crippen LogP contribution in [-0.4, -0.2) is 13.0 Å². The molecule has 0 heterocycles. The molecule has 0 aromatic rings. The highest BCUT2D eigenvalue weighted by Crippen LogP contribution is 2.05. The zero-order chi connectivity index (χ0) is 8.85. The second kappa shape index (κ2) is 4.94. The molecule has 0 aliphatic carbocycles. The molecule has 11 heavy (non-hydrogen) atoms. The fourth-order valence-electron chi connectivity index (χ4n) is 0.917. The van der Waals surface area contributed by atoms with E-state index in [0.717, 1.165) is 12.0 Å². The number of hydrogen-bond acceptors (Lipinski definition) is 1. The number of amides is 1. The number of hydrogen-bond donors (Lipinski definition) is 1. The molecule has 0 aliphatic rings. The van der Waals surface area contributed by atoms with Crippen molar-refractivity contribution in [2.45, 2.75) is 27.2 Å². The highest BCUT2D eigenvalue weighted by Gasteiger charge is 2.04. The number of allylic oxidation sites excluding steroid dienone is 1. The summed E-state index contributed by atoms with van der Waals surface area (Å²) < 4.78 is 0. The third kappa shape index (κ3) is 3.81. The smallest absolute Gasteiger partial charge is 0.246 e. The summed E-state index contributed by atoms with van der Waals surface area (Å²) in [5.74, 6) is 0.489. The summed E-state index contributed by atoms with van der Waals surface area (Å²) >= 11 is 0. The molecule has 1 amide bonds. The van der Waals surface area contributed by atoms with Crippen molar-refractivity contribution in [3.05, 3.63) is 11.6 Å². The molecule has 1 N–H and O–H groups in total. The van der Waals surface area contributed by atoms with Crippen molar-refractivity contribution in [3.8, 4) is 0 Å². The first kappa shape index (κ1) is 10.2. The average molecular weight is 155 g/mol. The maximum atomic E-state index is 11.1. The van der Waals surface area contributed by atoms with E-state index in [0.29, 0.717) is 5.92 Å². The lowest BCUT2D eigenvalue weighted by atomic mass is 10.1. The molecule has 0 aliphatic heterocycles. The van der Waals surface area contributed by atoms with Crippen LogP contribution in [0.5, 0.6) is 0 Å². The first-order valence-electron chi connectivity index (χ1n) is 4.04. The number of carbonyl (C=O) groups is 1. The quantitative estimate of drug-likeness (QED) is 0.618. The van der Waals surface area contributed by atoms with Gasteiger partial charge in [-0.15, -0.1) is 0 Å². The number of nitrogens with one attached hydrogen (secondary N) is 1. The molecule has 0 spiro atoms. The Balaban J connectivity index is 4.27. The van der Waals surface area contributed by atoms with Crippen molar-refractivity contribution in [1.82, 2.24) is 5.32 Å². The second-order valence-electron chi connectivity index (χ2n) is 2.87. The average Bonchev–Trinajstić information content (AvgIpc) is 1.98. The summed E-state index contributed by atoms with van der Waals surface area (Å²) in [5.41, 5.74) is 0.877. The van der Waals surface area contributed by atoms with E-state index in [1.165, 1.54) is 0 Å². The van der Waals surface area contributed by atoms with E-state index < -0.39 is 0 Å². The van der Waals surface area contributed by atoms with Gasteiger partial charge >= 0.3 is 0 Å². The van der Waals surface area contributed by atoms with Crippen LogP contribution in [0.1, 0.15) is 27.2 Å². The molecule has 0 unspecified atom stereocenters. The molecule has 2 heteroatoms. The van der Waals surface area contributed by atoms with E-state index in [-0.39, 0.29) is 5.91 Å². The van der Waals surface area contributed by atoms with Crippen molar-refractivity contribution in [1.29, 1.82) is 0 Å². The minimum atomic E-state index is 0.0428. The van der Waals surface area contributed by atoms with E-state index in [1.54, 1.807) is 7.05 Å². The van der Waals surface area contributed by atoms with Gasteiger partial charge in [-0.1, -0.05) is 26.8 Å². The topological polar surface area (TPSA) is 29.1 Å². The van der Waals surface area contributed by atoms with Crippen LogP contribution in [0.2, 0.25) is 0 Å². The summed E-state index contributed by atoms with van der Waals surface area (Å²) in [6.07, 6.45) is 2.80. The zero-order valence-electron chi connectivity index (χ0n) is 7.77. The third-order valence-electron chi connectivity index (χ3n) is 1.43. The van der Waals surface area contributed by atoms with Gasteiger partial charge in [0.25, 0.3) is 0 Å². The van der Waals surface area contributed by atoms with Crippen molar-refractivity contribution in [2.24, 2.45) is 5.92 Å². The fraction of sp³-hybridized carbons (Fsp3) is 0.667. The Hall–Kier alpha value is -0.790. The Morgan fingerprint density at radius 3 is 2.36 bits per heavy atom. The first-order chi connectivity index (χ1) is 5.11. The molecule has 2 nitrogen and oxygen atoms in total. The van der Waals surface area contributed by atoms with E-state index in [4.69, 9.17) is 0 Å². The summed E-state index contributed by atoms with van der Waals surface area (Å²) in [7, 11) is 1.66. The molecule has 0 rings (SSSR count). The Kier molecular flexibility index (Phi) is 4.59. The molecule has 0 aromatic heterocycles. The van der Waals surface area contributed by atoms with Gasteiger partial charge in [0.2, 0.25) is 5.91 Å². The largest absolute Gasteiger partial charge is 0.355 e. The summed E-state index contributed by atoms with van der Waals surface area (Å²) in [6, 6.07) is 0. The number of likely N-dealkylation sites (N-methyl/N-ethyl adjacent to an activating group) is 1. The highest BCUT2D eigenvalue weighted by molar-refractivity contribution is 5.93. The van der Waals surface area contributed by atoms with E-state index in [1.807, 2.05) is 13.0 Å². The number of carbonyl (C=O) groups excluding carboxylic acids is 1. The molecule has 64 valence electrons. The predicted molar refractivity (Wildman–Crippen MR) is 47.3 cm³/mol. The molecule has 0 aromatic carbocycles. The summed E-state index contributed by atoms with van der Waals surface area (Å²) in [6.45, 7) is 6.13. The van der Waals surface area contributed by atoms with Crippen LogP contribution in [0.25, 0.3) is 0 Å². The van der Waals surface area contributed by atoms with Gasteiger partial charge in [0, 0.05) is 12.6 Å². The van der Waals surface area contributed by atoms with Gasteiger partial charge in [-0.3, -0.25) is 4.79 Å². The van der Waals surface area contributed by atoms with Gasteiger partial charge in [0.1, 0.15) is 0 Å². The van der Waals surface area contributed by atoms with Gasteiger partial charge in [-0.05, 0) is 12.3 Å². The fourth-order valence-corrected chi connectivity index (χ4v) is 0.917. The first-order valence-corrected chi connectivity index (χ1v) is 4.04. The Bertz CT molecular complexity index is 159. The standard InChI is InChI=1S/C9H17NO/c1-5-8(6-7(2)3)9(11)10-4/h6-7H,5H2,1-4H3,(H,10,11)/b8-6-. The third-order valence-corrected chi connectivity index (χ3v) is 1.43. The van der Waals surface area contributed by atoms with Gasteiger partial charge in [-0.2, -0.15) is 0 Å². The van der Waals surface area contributed by atoms with Crippen molar-refractivity contribution < 1.29 is 4.79 Å². The molecular weight excluding hydrogens is 138 g/mol. The van der Waals surface area contributed by atoms with Crippen molar-refractivity contribution in [2.75, 3.05) is 7.05 Å². The van der Waals surface area contributed by atoms with Gasteiger partial charge in [0.15, 0.2) is 0 Å². The monoisotopic (exact) mass is 155 g/mol. The Morgan fingerprint density at radius 2 is 2.09 bits per heavy atom.